The molecule has 0 aromatic heterocycles. The Morgan fingerprint density at radius 2 is 1.71 bits per heavy atom. The maximum atomic E-state index is 14.2. The van der Waals surface area contributed by atoms with E-state index in [9.17, 15) is 8.78 Å². The molecule has 0 saturated carbocycles. The lowest BCUT2D eigenvalue weighted by molar-refractivity contribution is 0.404. The normalized spacial score (nSPS) is 12.3. The van der Waals surface area contributed by atoms with Gasteiger partial charge in [-0.25, -0.2) is 8.78 Å². The Bertz CT molecular complexity index is 655. The summed E-state index contributed by atoms with van der Waals surface area (Å²) in [6.07, 6.45) is 0. The van der Waals surface area contributed by atoms with Crippen molar-refractivity contribution in [3.8, 4) is 5.75 Å². The van der Waals surface area contributed by atoms with Crippen LogP contribution in [0.3, 0.4) is 0 Å². The van der Waals surface area contributed by atoms with Gasteiger partial charge < -0.3 is 10.1 Å². The van der Waals surface area contributed by atoms with E-state index in [4.69, 9.17) is 4.74 Å². The third kappa shape index (κ3) is 3.05. The van der Waals surface area contributed by atoms with Crippen molar-refractivity contribution >= 4 is 0 Å². The highest BCUT2D eigenvalue weighted by atomic mass is 19.1. The maximum Gasteiger partial charge on any atom is 0.128 e. The van der Waals surface area contributed by atoms with Gasteiger partial charge in [0.25, 0.3) is 0 Å². The van der Waals surface area contributed by atoms with Crippen LogP contribution >= 0.6 is 0 Å². The molecule has 0 aliphatic heterocycles. The van der Waals surface area contributed by atoms with E-state index in [2.05, 4.69) is 5.32 Å². The molecule has 4 heteroatoms. The molecule has 2 nitrogen and oxygen atoms in total. The van der Waals surface area contributed by atoms with Crippen molar-refractivity contribution in [1.29, 1.82) is 0 Å². The minimum atomic E-state index is -0.477. The van der Waals surface area contributed by atoms with Crippen LogP contribution < -0.4 is 10.1 Å². The molecule has 0 saturated heterocycles. The molecule has 0 heterocycles. The molecule has 0 amide bonds. The fourth-order valence-corrected chi connectivity index (χ4v) is 2.44. The number of methoxy groups -OCH3 is 1. The summed E-state index contributed by atoms with van der Waals surface area (Å²) in [5.74, 6) is -0.213. The summed E-state index contributed by atoms with van der Waals surface area (Å²) in [4.78, 5) is 0. The van der Waals surface area contributed by atoms with Crippen LogP contribution in [0, 0.1) is 25.5 Å². The summed E-state index contributed by atoms with van der Waals surface area (Å²) in [6, 6.07) is 7.65. The van der Waals surface area contributed by atoms with Crippen molar-refractivity contribution < 1.29 is 13.5 Å². The fourth-order valence-electron chi connectivity index (χ4n) is 2.44. The topological polar surface area (TPSA) is 21.3 Å². The predicted octanol–water partition coefficient (Wildman–Crippen LogP) is 3.90. The van der Waals surface area contributed by atoms with Gasteiger partial charge in [-0.2, -0.15) is 0 Å². The van der Waals surface area contributed by atoms with Crippen molar-refractivity contribution in [3.63, 3.8) is 0 Å². The van der Waals surface area contributed by atoms with Crippen LogP contribution in [0.5, 0.6) is 5.75 Å². The van der Waals surface area contributed by atoms with E-state index in [1.165, 1.54) is 12.1 Å². The van der Waals surface area contributed by atoms with Gasteiger partial charge in [0.2, 0.25) is 0 Å². The Hall–Kier alpha value is -1.94. The van der Waals surface area contributed by atoms with Crippen molar-refractivity contribution in [2.75, 3.05) is 14.2 Å². The molecule has 112 valence electrons. The SMILES string of the molecule is CNC(c1cc(F)c(C)cc1F)c1cc(C)ccc1OC. The van der Waals surface area contributed by atoms with Gasteiger partial charge >= 0.3 is 0 Å². The van der Waals surface area contributed by atoms with E-state index in [1.54, 1.807) is 21.1 Å². The first-order chi connectivity index (χ1) is 9.97. The van der Waals surface area contributed by atoms with Crippen molar-refractivity contribution in [1.82, 2.24) is 5.32 Å². The lowest BCUT2D eigenvalue weighted by Crippen LogP contribution is -2.20. The molecule has 1 N–H and O–H groups in total. The van der Waals surface area contributed by atoms with Crippen molar-refractivity contribution in [3.05, 3.63) is 64.2 Å². The second kappa shape index (κ2) is 6.22. The molecule has 0 aliphatic carbocycles. The minimum absolute atomic E-state index is 0.268. The van der Waals surface area contributed by atoms with E-state index in [1.807, 2.05) is 25.1 Å². The van der Waals surface area contributed by atoms with Gasteiger partial charge in [0.1, 0.15) is 17.4 Å². The van der Waals surface area contributed by atoms with Gasteiger partial charge in [-0.15, -0.1) is 0 Å². The van der Waals surface area contributed by atoms with E-state index < -0.39 is 17.7 Å². The average Bonchev–Trinajstić information content (AvgIpc) is 2.45. The highest BCUT2D eigenvalue weighted by molar-refractivity contribution is 5.44. The van der Waals surface area contributed by atoms with E-state index in [-0.39, 0.29) is 5.56 Å². The zero-order chi connectivity index (χ0) is 15.6. The molecular formula is C17H19F2NO. The molecule has 0 spiro atoms. The molecule has 0 radical (unpaired) electrons. The quantitative estimate of drug-likeness (QED) is 0.922. The maximum absolute atomic E-state index is 14.2. The second-order valence-corrected chi connectivity index (χ2v) is 5.09. The Kier molecular flexibility index (Phi) is 4.58. The standard InChI is InChI=1S/C17H19F2NO/c1-10-5-6-16(21-4)13(7-10)17(20-3)12-9-14(18)11(2)8-15(12)19/h5-9,17,20H,1-4H3. The van der Waals surface area contributed by atoms with Gasteiger partial charge in [0.05, 0.1) is 13.2 Å². The molecule has 21 heavy (non-hydrogen) atoms. The molecule has 2 aromatic carbocycles. The minimum Gasteiger partial charge on any atom is -0.496 e. The number of halogens is 2. The molecule has 0 fully saturated rings. The third-order valence-electron chi connectivity index (χ3n) is 3.57. The van der Waals surface area contributed by atoms with Crippen LogP contribution in [0.25, 0.3) is 0 Å². The second-order valence-electron chi connectivity index (χ2n) is 5.09. The predicted molar refractivity (Wildman–Crippen MR) is 79.7 cm³/mol. The zero-order valence-corrected chi connectivity index (χ0v) is 12.6. The highest BCUT2D eigenvalue weighted by Crippen LogP contribution is 2.32. The van der Waals surface area contributed by atoms with E-state index in [0.29, 0.717) is 11.3 Å². The van der Waals surface area contributed by atoms with Crippen LogP contribution in [0.1, 0.15) is 28.3 Å². The largest absolute Gasteiger partial charge is 0.496 e. The molecule has 1 atom stereocenters. The summed E-state index contributed by atoms with van der Waals surface area (Å²) in [6.45, 7) is 3.49. The number of nitrogens with one attached hydrogen (secondary N) is 1. The summed E-state index contributed by atoms with van der Waals surface area (Å²) < 4.78 is 33.4. The molecule has 1 unspecified atom stereocenters. The van der Waals surface area contributed by atoms with Gasteiger partial charge in [0, 0.05) is 11.1 Å². The lowest BCUT2D eigenvalue weighted by Gasteiger charge is -2.21. The monoisotopic (exact) mass is 291 g/mol. The van der Waals surface area contributed by atoms with E-state index >= 15 is 0 Å². The van der Waals surface area contributed by atoms with Gasteiger partial charge in [0.15, 0.2) is 0 Å². The Morgan fingerprint density at radius 1 is 1.00 bits per heavy atom. The number of hydrogen-bond donors (Lipinski definition) is 1. The molecule has 0 aliphatic rings. The number of hydrogen-bond acceptors (Lipinski definition) is 2. The van der Waals surface area contributed by atoms with Crippen LogP contribution in [0.15, 0.2) is 30.3 Å². The first-order valence-electron chi connectivity index (χ1n) is 6.75. The summed E-state index contributed by atoms with van der Waals surface area (Å²) in [5.41, 5.74) is 2.37. The number of benzene rings is 2. The lowest BCUT2D eigenvalue weighted by atomic mass is 9.95. The zero-order valence-electron chi connectivity index (χ0n) is 12.6. The van der Waals surface area contributed by atoms with Gasteiger partial charge in [-0.3, -0.25) is 0 Å². The summed E-state index contributed by atoms with van der Waals surface area (Å²) >= 11 is 0. The number of aryl methyl sites for hydroxylation is 2. The highest BCUT2D eigenvalue weighted by Gasteiger charge is 2.21. The average molecular weight is 291 g/mol. The first-order valence-corrected chi connectivity index (χ1v) is 6.75. The van der Waals surface area contributed by atoms with Gasteiger partial charge in [-0.05, 0) is 44.7 Å². The Labute approximate surface area is 123 Å². The van der Waals surface area contributed by atoms with Crippen LogP contribution in [-0.2, 0) is 0 Å². The molecular weight excluding hydrogens is 272 g/mol. The first kappa shape index (κ1) is 15.4. The molecule has 0 bridgehead atoms. The summed E-state index contributed by atoms with van der Waals surface area (Å²) in [7, 11) is 3.27. The third-order valence-corrected chi connectivity index (χ3v) is 3.57. The Balaban J connectivity index is 2.59. The van der Waals surface area contributed by atoms with Crippen LogP contribution in [0.2, 0.25) is 0 Å². The van der Waals surface area contributed by atoms with Crippen LogP contribution in [0.4, 0.5) is 8.78 Å². The van der Waals surface area contributed by atoms with Crippen molar-refractivity contribution in [2.24, 2.45) is 0 Å². The summed E-state index contributed by atoms with van der Waals surface area (Å²) in [5, 5.41) is 3.04. The van der Waals surface area contributed by atoms with E-state index in [0.717, 1.165) is 11.1 Å². The Morgan fingerprint density at radius 3 is 2.33 bits per heavy atom. The molecule has 2 rings (SSSR count). The fraction of sp³-hybridized carbons (Fsp3) is 0.294. The van der Waals surface area contributed by atoms with Crippen LogP contribution in [-0.4, -0.2) is 14.2 Å². The molecule has 2 aromatic rings. The van der Waals surface area contributed by atoms with Gasteiger partial charge in [-0.1, -0.05) is 17.7 Å². The smallest absolute Gasteiger partial charge is 0.128 e. The van der Waals surface area contributed by atoms with Crippen molar-refractivity contribution in [2.45, 2.75) is 19.9 Å². The number of ether oxygens (including phenoxy) is 1. The number of rotatable bonds is 4.